The molecule has 1 aromatic rings. The lowest BCUT2D eigenvalue weighted by molar-refractivity contribution is 0.0638. The van der Waals surface area contributed by atoms with E-state index >= 15 is 0 Å². The van der Waals surface area contributed by atoms with Gasteiger partial charge in [0.25, 0.3) is 0 Å². The Kier molecular flexibility index (Phi) is 4.59. The summed E-state index contributed by atoms with van der Waals surface area (Å²) in [5.74, 6) is 0. The zero-order valence-corrected chi connectivity index (χ0v) is 12.9. The maximum atomic E-state index is 12.6. The standard InChI is InChI=1S/C13H19ClN2O3S/c1-16(11-4-2-3-5-12(11)17)20(18,19)13-7-6-9(15)8-10(13)14/h6-8,11-12,17H,2-5,15H2,1H3. The van der Waals surface area contributed by atoms with Crippen LogP contribution in [0.15, 0.2) is 23.1 Å². The van der Waals surface area contributed by atoms with Gasteiger partial charge in [0.05, 0.1) is 17.2 Å². The third kappa shape index (κ3) is 2.93. The molecular formula is C13H19ClN2O3S. The molecule has 5 nitrogen and oxygen atoms in total. The van der Waals surface area contributed by atoms with Gasteiger partial charge < -0.3 is 10.8 Å². The first kappa shape index (κ1) is 15.6. The number of nitrogen functional groups attached to an aromatic ring is 1. The van der Waals surface area contributed by atoms with E-state index in [1.807, 2.05) is 0 Å². The Morgan fingerprint density at radius 3 is 2.60 bits per heavy atom. The smallest absolute Gasteiger partial charge is 0.244 e. The number of hydrogen-bond acceptors (Lipinski definition) is 4. The number of sulfonamides is 1. The van der Waals surface area contributed by atoms with Crippen LogP contribution < -0.4 is 5.73 Å². The first-order valence-electron chi connectivity index (χ1n) is 6.55. The van der Waals surface area contributed by atoms with Crippen LogP contribution >= 0.6 is 11.6 Å². The Morgan fingerprint density at radius 2 is 2.00 bits per heavy atom. The number of rotatable bonds is 3. The van der Waals surface area contributed by atoms with Crippen LogP contribution in [0.2, 0.25) is 5.02 Å². The maximum Gasteiger partial charge on any atom is 0.244 e. The molecule has 0 aliphatic heterocycles. The van der Waals surface area contributed by atoms with Gasteiger partial charge in [-0.1, -0.05) is 24.4 Å². The topological polar surface area (TPSA) is 83.6 Å². The lowest BCUT2D eigenvalue weighted by Crippen LogP contribution is -2.46. The minimum Gasteiger partial charge on any atom is -0.399 e. The van der Waals surface area contributed by atoms with E-state index in [0.29, 0.717) is 18.5 Å². The van der Waals surface area contributed by atoms with Gasteiger partial charge in [0.1, 0.15) is 4.90 Å². The molecule has 2 rings (SSSR count). The number of anilines is 1. The summed E-state index contributed by atoms with van der Waals surface area (Å²) in [6, 6.07) is 3.92. The minimum absolute atomic E-state index is 0.0219. The van der Waals surface area contributed by atoms with Crippen molar-refractivity contribution in [3.63, 3.8) is 0 Å². The molecule has 1 fully saturated rings. The third-order valence-electron chi connectivity index (χ3n) is 3.77. The summed E-state index contributed by atoms with van der Waals surface area (Å²) in [7, 11) is -2.25. The highest BCUT2D eigenvalue weighted by atomic mass is 35.5. The molecule has 0 heterocycles. The van der Waals surface area contributed by atoms with Gasteiger partial charge in [0.2, 0.25) is 10.0 Å². The van der Waals surface area contributed by atoms with Crippen molar-refractivity contribution < 1.29 is 13.5 Å². The van der Waals surface area contributed by atoms with E-state index in [1.54, 1.807) is 0 Å². The number of likely N-dealkylation sites (N-methyl/N-ethyl adjacent to an activating group) is 1. The number of aliphatic hydroxyl groups is 1. The van der Waals surface area contributed by atoms with Gasteiger partial charge in [-0.25, -0.2) is 8.42 Å². The van der Waals surface area contributed by atoms with Gasteiger partial charge >= 0.3 is 0 Å². The van der Waals surface area contributed by atoms with Crippen LogP contribution in [-0.4, -0.2) is 37.0 Å². The summed E-state index contributed by atoms with van der Waals surface area (Å²) in [5, 5.41) is 10.1. The Hall–Kier alpha value is -0.820. The summed E-state index contributed by atoms with van der Waals surface area (Å²) >= 11 is 5.99. The summed E-state index contributed by atoms with van der Waals surface area (Å²) in [4.78, 5) is 0.0219. The van der Waals surface area contributed by atoms with E-state index in [-0.39, 0.29) is 9.92 Å². The number of hydrogen-bond donors (Lipinski definition) is 2. The van der Waals surface area contributed by atoms with Gasteiger partial charge in [0, 0.05) is 12.7 Å². The van der Waals surface area contributed by atoms with Gasteiger partial charge in [-0.05, 0) is 31.0 Å². The highest BCUT2D eigenvalue weighted by molar-refractivity contribution is 7.89. The van der Waals surface area contributed by atoms with Crippen molar-refractivity contribution in [1.29, 1.82) is 0 Å². The van der Waals surface area contributed by atoms with Crippen LogP contribution in [0.4, 0.5) is 5.69 Å². The third-order valence-corrected chi connectivity index (χ3v) is 6.14. The van der Waals surface area contributed by atoms with Crippen molar-refractivity contribution in [2.45, 2.75) is 42.7 Å². The second kappa shape index (κ2) is 5.89. The first-order valence-corrected chi connectivity index (χ1v) is 8.37. The zero-order valence-electron chi connectivity index (χ0n) is 11.3. The average Bonchev–Trinajstić information content (AvgIpc) is 2.38. The fraction of sp³-hybridized carbons (Fsp3) is 0.538. The zero-order chi connectivity index (χ0) is 14.9. The number of aliphatic hydroxyl groups excluding tert-OH is 1. The molecule has 3 N–H and O–H groups in total. The number of nitrogens with two attached hydrogens (primary N) is 1. The second-order valence-electron chi connectivity index (χ2n) is 5.13. The van der Waals surface area contributed by atoms with E-state index in [0.717, 1.165) is 12.8 Å². The molecule has 1 saturated carbocycles. The molecule has 0 radical (unpaired) electrons. The maximum absolute atomic E-state index is 12.6. The van der Waals surface area contributed by atoms with Crippen LogP contribution in [0, 0.1) is 0 Å². The van der Waals surface area contributed by atoms with Crippen molar-refractivity contribution in [3.8, 4) is 0 Å². The molecule has 1 aromatic carbocycles. The van der Waals surface area contributed by atoms with E-state index in [1.165, 1.54) is 29.6 Å². The molecule has 112 valence electrons. The Bertz CT molecular complexity index is 591. The fourth-order valence-corrected chi connectivity index (χ4v) is 4.52. The highest BCUT2D eigenvalue weighted by Crippen LogP contribution is 2.30. The van der Waals surface area contributed by atoms with E-state index in [4.69, 9.17) is 17.3 Å². The van der Waals surface area contributed by atoms with Gasteiger partial charge in [-0.3, -0.25) is 0 Å². The predicted octanol–water partition coefficient (Wildman–Crippen LogP) is 1.85. The second-order valence-corrected chi connectivity index (χ2v) is 7.50. The van der Waals surface area contributed by atoms with Gasteiger partial charge in [-0.2, -0.15) is 4.31 Å². The van der Waals surface area contributed by atoms with Crippen LogP contribution in [-0.2, 0) is 10.0 Å². The molecule has 1 aliphatic rings. The summed E-state index contributed by atoms with van der Waals surface area (Å²) in [6.07, 6.45) is 2.49. The lowest BCUT2D eigenvalue weighted by Gasteiger charge is -2.34. The largest absolute Gasteiger partial charge is 0.399 e. The van der Waals surface area contributed by atoms with Gasteiger partial charge in [-0.15, -0.1) is 0 Å². The highest BCUT2D eigenvalue weighted by Gasteiger charge is 2.35. The van der Waals surface area contributed by atoms with Crippen molar-refractivity contribution in [1.82, 2.24) is 4.31 Å². The SMILES string of the molecule is CN(C1CCCCC1O)S(=O)(=O)c1ccc(N)cc1Cl. The number of halogens is 1. The quantitative estimate of drug-likeness (QED) is 0.833. The molecule has 0 saturated heterocycles. The minimum atomic E-state index is -3.73. The summed E-state index contributed by atoms with van der Waals surface area (Å²) in [6.45, 7) is 0. The van der Waals surface area contributed by atoms with Crippen LogP contribution in [0.1, 0.15) is 25.7 Å². The number of benzene rings is 1. The number of nitrogens with zero attached hydrogens (tertiary/aromatic N) is 1. The van der Waals surface area contributed by atoms with Crippen molar-refractivity contribution >= 4 is 27.3 Å². The molecular weight excluding hydrogens is 300 g/mol. The molecule has 2 atom stereocenters. The average molecular weight is 319 g/mol. The summed E-state index contributed by atoms with van der Waals surface area (Å²) in [5.41, 5.74) is 5.99. The molecule has 1 aliphatic carbocycles. The van der Waals surface area contributed by atoms with Crippen molar-refractivity contribution in [2.24, 2.45) is 0 Å². The lowest BCUT2D eigenvalue weighted by atomic mass is 9.93. The summed E-state index contributed by atoms with van der Waals surface area (Å²) < 4.78 is 26.4. The van der Waals surface area contributed by atoms with E-state index in [9.17, 15) is 13.5 Å². The molecule has 0 spiro atoms. The van der Waals surface area contributed by atoms with E-state index in [2.05, 4.69) is 0 Å². The van der Waals surface area contributed by atoms with Crippen LogP contribution in [0.25, 0.3) is 0 Å². The van der Waals surface area contributed by atoms with Crippen molar-refractivity contribution in [2.75, 3.05) is 12.8 Å². The Morgan fingerprint density at radius 1 is 1.35 bits per heavy atom. The molecule has 7 heteroatoms. The molecule has 2 unspecified atom stereocenters. The van der Waals surface area contributed by atoms with E-state index < -0.39 is 22.2 Å². The molecule has 0 bridgehead atoms. The van der Waals surface area contributed by atoms with Crippen molar-refractivity contribution in [3.05, 3.63) is 23.2 Å². The molecule has 20 heavy (non-hydrogen) atoms. The molecule has 0 aromatic heterocycles. The predicted molar refractivity (Wildman–Crippen MR) is 79.1 cm³/mol. The first-order chi connectivity index (χ1) is 9.34. The monoisotopic (exact) mass is 318 g/mol. The Labute approximate surface area is 124 Å². The fourth-order valence-electron chi connectivity index (χ4n) is 2.58. The normalized spacial score (nSPS) is 24.0. The van der Waals surface area contributed by atoms with Gasteiger partial charge in [0.15, 0.2) is 0 Å². The van der Waals surface area contributed by atoms with Crippen LogP contribution in [0.5, 0.6) is 0 Å². The Balaban J connectivity index is 2.33. The molecule has 0 amide bonds. The van der Waals surface area contributed by atoms with Crippen LogP contribution in [0.3, 0.4) is 0 Å².